The molecule has 0 radical (unpaired) electrons. The molecule has 0 N–H and O–H groups in total. The van der Waals surface area contributed by atoms with Crippen LogP contribution in [0.1, 0.15) is 10.4 Å². The largest absolute Gasteiger partial charge is 0.455 e. The average molecular weight is 390 g/mol. The predicted octanol–water partition coefficient (Wildman–Crippen LogP) is 5.47. The second-order valence-corrected chi connectivity index (χ2v) is 5.68. The molecule has 0 aliphatic heterocycles. The van der Waals surface area contributed by atoms with E-state index in [2.05, 4.69) is 31.9 Å². The molecule has 0 unspecified atom stereocenters. The molecule has 0 aromatic heterocycles. The molecular formula is C13H7Br2ClO2. The molecule has 5 heteroatoms. The van der Waals surface area contributed by atoms with Crippen molar-refractivity contribution in [3.63, 3.8) is 0 Å². The summed E-state index contributed by atoms with van der Waals surface area (Å²) in [6.45, 7) is 0. The monoisotopic (exact) mass is 388 g/mol. The van der Waals surface area contributed by atoms with E-state index in [1.54, 1.807) is 36.4 Å². The van der Waals surface area contributed by atoms with Crippen LogP contribution in [0.4, 0.5) is 0 Å². The molecule has 2 rings (SSSR count). The van der Waals surface area contributed by atoms with E-state index in [-0.39, 0.29) is 0 Å². The first kappa shape index (κ1) is 13.6. The van der Waals surface area contributed by atoms with Gasteiger partial charge in [0.05, 0.1) is 10.0 Å². The van der Waals surface area contributed by atoms with Gasteiger partial charge in [0.25, 0.3) is 0 Å². The van der Waals surface area contributed by atoms with Crippen LogP contribution in [0.15, 0.2) is 45.3 Å². The summed E-state index contributed by atoms with van der Waals surface area (Å²) in [5.74, 6) is 1.09. The van der Waals surface area contributed by atoms with Gasteiger partial charge in [-0.05, 0) is 52.3 Å². The zero-order valence-electron chi connectivity index (χ0n) is 8.99. The number of aldehydes is 1. The van der Waals surface area contributed by atoms with E-state index in [1.807, 2.05) is 0 Å². The first-order chi connectivity index (χ1) is 8.60. The SMILES string of the molecule is O=Cc1ccc(Br)cc1Oc1ccc(Cl)cc1Br. The number of ether oxygens (including phenoxy) is 1. The number of rotatable bonds is 3. The Morgan fingerprint density at radius 1 is 1.06 bits per heavy atom. The summed E-state index contributed by atoms with van der Waals surface area (Å²) in [7, 11) is 0. The number of halogens is 3. The lowest BCUT2D eigenvalue weighted by Crippen LogP contribution is -1.91. The Morgan fingerprint density at radius 2 is 1.83 bits per heavy atom. The number of hydrogen-bond donors (Lipinski definition) is 0. The van der Waals surface area contributed by atoms with Gasteiger partial charge in [-0.2, -0.15) is 0 Å². The average Bonchev–Trinajstić information content (AvgIpc) is 2.33. The summed E-state index contributed by atoms with van der Waals surface area (Å²) in [6.07, 6.45) is 0.756. The van der Waals surface area contributed by atoms with E-state index >= 15 is 0 Å². The second kappa shape index (κ2) is 5.87. The van der Waals surface area contributed by atoms with Gasteiger partial charge in [0.1, 0.15) is 11.5 Å². The molecule has 0 bridgehead atoms. The van der Waals surface area contributed by atoms with E-state index in [9.17, 15) is 4.79 Å². The number of carbonyl (C=O) groups excluding carboxylic acids is 1. The minimum absolute atomic E-state index is 0.486. The van der Waals surface area contributed by atoms with Crippen LogP contribution in [-0.4, -0.2) is 6.29 Å². The maximum Gasteiger partial charge on any atom is 0.153 e. The molecule has 0 aliphatic carbocycles. The molecule has 2 aromatic carbocycles. The smallest absolute Gasteiger partial charge is 0.153 e. The molecule has 0 amide bonds. The molecule has 92 valence electrons. The third kappa shape index (κ3) is 3.13. The van der Waals surface area contributed by atoms with Crippen LogP contribution in [0.3, 0.4) is 0 Å². The molecule has 0 heterocycles. The third-order valence-electron chi connectivity index (χ3n) is 2.22. The van der Waals surface area contributed by atoms with Crippen LogP contribution in [0.25, 0.3) is 0 Å². The van der Waals surface area contributed by atoms with E-state index in [1.165, 1.54) is 0 Å². The summed E-state index contributed by atoms with van der Waals surface area (Å²) in [5.41, 5.74) is 0.486. The van der Waals surface area contributed by atoms with Crippen LogP contribution < -0.4 is 4.74 Å². The molecule has 0 saturated carbocycles. The summed E-state index contributed by atoms with van der Waals surface area (Å²) in [6, 6.07) is 10.4. The van der Waals surface area contributed by atoms with Crippen molar-refractivity contribution in [2.75, 3.05) is 0 Å². The van der Waals surface area contributed by atoms with Gasteiger partial charge >= 0.3 is 0 Å². The number of hydrogen-bond acceptors (Lipinski definition) is 2. The fourth-order valence-electron chi connectivity index (χ4n) is 1.37. The van der Waals surface area contributed by atoms with E-state index < -0.39 is 0 Å². The number of carbonyl (C=O) groups is 1. The summed E-state index contributed by atoms with van der Waals surface area (Å²) >= 11 is 12.6. The van der Waals surface area contributed by atoms with Crippen molar-refractivity contribution in [2.45, 2.75) is 0 Å². The number of benzene rings is 2. The van der Waals surface area contributed by atoms with Crippen molar-refractivity contribution >= 4 is 49.7 Å². The van der Waals surface area contributed by atoms with Gasteiger partial charge in [-0.25, -0.2) is 0 Å². The molecular weight excluding hydrogens is 383 g/mol. The highest BCUT2D eigenvalue weighted by Crippen LogP contribution is 2.34. The predicted molar refractivity (Wildman–Crippen MR) is 78.8 cm³/mol. The fraction of sp³-hybridized carbons (Fsp3) is 0. The van der Waals surface area contributed by atoms with Gasteiger partial charge in [0, 0.05) is 9.50 Å². The Hall–Kier alpha value is -0.840. The maximum absolute atomic E-state index is 10.9. The molecule has 2 nitrogen and oxygen atoms in total. The van der Waals surface area contributed by atoms with Crippen molar-refractivity contribution in [1.82, 2.24) is 0 Å². The molecule has 0 atom stereocenters. The van der Waals surface area contributed by atoms with E-state index in [4.69, 9.17) is 16.3 Å². The quantitative estimate of drug-likeness (QED) is 0.650. The van der Waals surface area contributed by atoms with Crippen molar-refractivity contribution in [3.8, 4) is 11.5 Å². The molecule has 2 aromatic rings. The molecule has 0 spiro atoms. The molecule has 0 aliphatic rings. The Bertz CT molecular complexity index is 600. The van der Waals surface area contributed by atoms with E-state index in [0.717, 1.165) is 15.2 Å². The molecule has 0 saturated heterocycles. The molecule has 0 fully saturated rings. The van der Waals surface area contributed by atoms with Crippen LogP contribution in [0.2, 0.25) is 5.02 Å². The zero-order chi connectivity index (χ0) is 13.1. The fourth-order valence-corrected chi connectivity index (χ4v) is 2.47. The highest BCUT2D eigenvalue weighted by atomic mass is 79.9. The van der Waals surface area contributed by atoms with Crippen LogP contribution in [0.5, 0.6) is 11.5 Å². The molecule has 18 heavy (non-hydrogen) atoms. The minimum Gasteiger partial charge on any atom is -0.455 e. The Morgan fingerprint density at radius 3 is 2.50 bits per heavy atom. The van der Waals surface area contributed by atoms with Gasteiger partial charge in [0.15, 0.2) is 6.29 Å². The summed E-state index contributed by atoms with van der Waals surface area (Å²) in [4.78, 5) is 10.9. The Kier molecular flexibility index (Phi) is 4.43. The van der Waals surface area contributed by atoms with Crippen molar-refractivity contribution < 1.29 is 9.53 Å². The normalized spacial score (nSPS) is 10.2. The standard InChI is InChI=1S/C13H7Br2ClO2/c14-9-2-1-8(7-17)13(5-9)18-12-4-3-10(16)6-11(12)15/h1-7H. The van der Waals surface area contributed by atoms with Crippen LogP contribution in [-0.2, 0) is 0 Å². The minimum atomic E-state index is 0.486. The third-order valence-corrected chi connectivity index (χ3v) is 3.56. The highest BCUT2D eigenvalue weighted by Gasteiger charge is 2.08. The van der Waals surface area contributed by atoms with Crippen molar-refractivity contribution in [2.24, 2.45) is 0 Å². The summed E-state index contributed by atoms with van der Waals surface area (Å²) < 4.78 is 7.27. The van der Waals surface area contributed by atoms with Gasteiger partial charge < -0.3 is 4.74 Å². The maximum atomic E-state index is 10.9. The van der Waals surface area contributed by atoms with Crippen molar-refractivity contribution in [1.29, 1.82) is 0 Å². The van der Waals surface area contributed by atoms with Gasteiger partial charge in [-0.15, -0.1) is 0 Å². The second-order valence-electron chi connectivity index (χ2n) is 3.48. The van der Waals surface area contributed by atoms with Gasteiger partial charge in [-0.3, -0.25) is 4.79 Å². The van der Waals surface area contributed by atoms with Gasteiger partial charge in [-0.1, -0.05) is 27.5 Å². The highest BCUT2D eigenvalue weighted by molar-refractivity contribution is 9.10. The first-order valence-electron chi connectivity index (χ1n) is 4.98. The summed E-state index contributed by atoms with van der Waals surface area (Å²) in [5, 5.41) is 0.610. The van der Waals surface area contributed by atoms with Crippen LogP contribution >= 0.6 is 43.5 Å². The Labute approximate surface area is 126 Å². The lowest BCUT2D eigenvalue weighted by molar-refractivity contribution is 0.112. The van der Waals surface area contributed by atoms with Crippen LogP contribution in [0, 0.1) is 0 Å². The Balaban J connectivity index is 2.39. The topological polar surface area (TPSA) is 26.3 Å². The first-order valence-corrected chi connectivity index (χ1v) is 6.94. The lowest BCUT2D eigenvalue weighted by Gasteiger charge is -2.10. The zero-order valence-corrected chi connectivity index (χ0v) is 12.9. The van der Waals surface area contributed by atoms with Crippen molar-refractivity contribution in [3.05, 3.63) is 55.9 Å². The lowest BCUT2D eigenvalue weighted by atomic mass is 10.2. The van der Waals surface area contributed by atoms with E-state index in [0.29, 0.717) is 22.1 Å². The van der Waals surface area contributed by atoms with Gasteiger partial charge in [0.2, 0.25) is 0 Å².